The SMILES string of the molecule is CCCCc1ncnc(Cc2ccc(C(=O)O)cc2)c1Cc1ccc(-c2ccccc2)c(C(=O)O)c1. The summed E-state index contributed by atoms with van der Waals surface area (Å²) in [5, 5.41) is 19.1. The Kier molecular flexibility index (Phi) is 7.85. The zero-order valence-corrected chi connectivity index (χ0v) is 20.1. The summed E-state index contributed by atoms with van der Waals surface area (Å²) in [5.74, 6) is -1.93. The zero-order valence-electron chi connectivity index (χ0n) is 20.1. The van der Waals surface area contributed by atoms with Crippen molar-refractivity contribution >= 4 is 11.9 Å². The van der Waals surface area contributed by atoms with Gasteiger partial charge in [-0.1, -0.05) is 67.9 Å². The molecule has 6 heteroatoms. The van der Waals surface area contributed by atoms with Crippen molar-refractivity contribution in [3.63, 3.8) is 0 Å². The van der Waals surface area contributed by atoms with Crippen LogP contribution < -0.4 is 0 Å². The van der Waals surface area contributed by atoms with E-state index in [9.17, 15) is 19.8 Å². The van der Waals surface area contributed by atoms with Crippen LogP contribution in [0.1, 0.15) is 68.6 Å². The lowest BCUT2D eigenvalue weighted by molar-refractivity contribution is 0.0686. The smallest absolute Gasteiger partial charge is 0.336 e. The van der Waals surface area contributed by atoms with Crippen LogP contribution >= 0.6 is 0 Å². The molecule has 0 aliphatic rings. The van der Waals surface area contributed by atoms with Gasteiger partial charge < -0.3 is 10.2 Å². The number of aromatic nitrogens is 2. The van der Waals surface area contributed by atoms with Gasteiger partial charge in [-0.2, -0.15) is 0 Å². The molecule has 0 fully saturated rings. The topological polar surface area (TPSA) is 100 Å². The first-order valence-electron chi connectivity index (χ1n) is 12.0. The van der Waals surface area contributed by atoms with E-state index in [1.54, 1.807) is 36.7 Å². The van der Waals surface area contributed by atoms with Crippen molar-refractivity contribution in [1.82, 2.24) is 9.97 Å². The predicted octanol–water partition coefficient (Wildman–Crippen LogP) is 6.06. The number of hydrogen-bond acceptors (Lipinski definition) is 4. The highest BCUT2D eigenvalue weighted by Crippen LogP contribution is 2.27. The molecule has 2 N–H and O–H groups in total. The molecule has 182 valence electrons. The predicted molar refractivity (Wildman–Crippen MR) is 138 cm³/mol. The second-order valence-electron chi connectivity index (χ2n) is 8.76. The van der Waals surface area contributed by atoms with Gasteiger partial charge in [-0.05, 0) is 58.9 Å². The summed E-state index contributed by atoms with van der Waals surface area (Å²) in [4.78, 5) is 32.5. The van der Waals surface area contributed by atoms with Gasteiger partial charge in [0.15, 0.2) is 0 Å². The molecule has 4 rings (SSSR count). The summed E-state index contributed by atoms with van der Waals surface area (Å²) in [6.07, 6.45) is 5.46. The maximum Gasteiger partial charge on any atom is 0.336 e. The monoisotopic (exact) mass is 480 g/mol. The standard InChI is InChI=1S/C30H28N2O4/c1-2-3-9-27-26(28(32-19-31-27)18-20-10-13-23(14-11-20)29(33)34)17-21-12-15-24(25(16-21)30(35)36)22-7-5-4-6-8-22/h4-8,10-16,19H,2-3,9,17-18H2,1H3,(H,33,34)(H,35,36). The van der Waals surface area contributed by atoms with Gasteiger partial charge in [-0.15, -0.1) is 0 Å². The average molecular weight is 481 g/mol. The molecule has 0 bridgehead atoms. The van der Waals surface area contributed by atoms with E-state index in [2.05, 4.69) is 16.9 Å². The fraction of sp³-hybridized carbons (Fsp3) is 0.200. The summed E-state index contributed by atoms with van der Waals surface area (Å²) in [6.45, 7) is 2.13. The minimum absolute atomic E-state index is 0.241. The highest BCUT2D eigenvalue weighted by atomic mass is 16.4. The van der Waals surface area contributed by atoms with Crippen molar-refractivity contribution in [2.75, 3.05) is 0 Å². The van der Waals surface area contributed by atoms with Crippen LogP contribution in [-0.2, 0) is 19.3 Å². The van der Waals surface area contributed by atoms with Crippen LogP contribution in [0.5, 0.6) is 0 Å². The van der Waals surface area contributed by atoms with Crippen molar-refractivity contribution in [2.24, 2.45) is 0 Å². The molecule has 0 saturated heterocycles. The molecule has 4 aromatic rings. The Balaban J connectivity index is 1.71. The highest BCUT2D eigenvalue weighted by molar-refractivity contribution is 5.96. The Morgan fingerprint density at radius 2 is 1.47 bits per heavy atom. The Hall–Kier alpha value is -4.32. The molecule has 0 amide bonds. The van der Waals surface area contributed by atoms with E-state index in [0.717, 1.165) is 52.9 Å². The molecular weight excluding hydrogens is 452 g/mol. The van der Waals surface area contributed by atoms with E-state index in [1.807, 2.05) is 42.5 Å². The van der Waals surface area contributed by atoms with Gasteiger partial charge in [0, 0.05) is 18.5 Å². The summed E-state index contributed by atoms with van der Waals surface area (Å²) < 4.78 is 0. The normalized spacial score (nSPS) is 10.8. The zero-order chi connectivity index (χ0) is 25.5. The highest BCUT2D eigenvalue weighted by Gasteiger charge is 2.17. The molecule has 0 radical (unpaired) electrons. The molecule has 0 aliphatic carbocycles. The number of benzene rings is 3. The molecular formula is C30H28N2O4. The van der Waals surface area contributed by atoms with Crippen LogP contribution in [0.4, 0.5) is 0 Å². The number of carbonyl (C=O) groups is 2. The third kappa shape index (κ3) is 5.84. The molecule has 1 heterocycles. The molecule has 0 spiro atoms. The molecule has 36 heavy (non-hydrogen) atoms. The molecule has 0 unspecified atom stereocenters. The van der Waals surface area contributed by atoms with Crippen molar-refractivity contribution in [3.8, 4) is 11.1 Å². The molecule has 1 aromatic heterocycles. The maximum absolute atomic E-state index is 12.1. The van der Waals surface area contributed by atoms with Crippen LogP contribution in [0, 0.1) is 0 Å². The second-order valence-corrected chi connectivity index (χ2v) is 8.76. The van der Waals surface area contributed by atoms with E-state index in [-0.39, 0.29) is 11.1 Å². The fourth-order valence-corrected chi connectivity index (χ4v) is 4.32. The van der Waals surface area contributed by atoms with Crippen LogP contribution in [0.25, 0.3) is 11.1 Å². The van der Waals surface area contributed by atoms with Crippen LogP contribution in [0.3, 0.4) is 0 Å². The molecule has 0 saturated carbocycles. The summed E-state index contributed by atoms with van der Waals surface area (Å²) in [7, 11) is 0. The largest absolute Gasteiger partial charge is 0.478 e. The minimum Gasteiger partial charge on any atom is -0.478 e. The number of carboxylic acid groups (broad SMARTS) is 2. The molecule has 0 atom stereocenters. The first-order chi connectivity index (χ1) is 17.5. The maximum atomic E-state index is 12.1. The third-order valence-corrected chi connectivity index (χ3v) is 6.24. The van der Waals surface area contributed by atoms with E-state index in [4.69, 9.17) is 0 Å². The number of rotatable bonds is 10. The van der Waals surface area contributed by atoms with E-state index in [0.29, 0.717) is 18.4 Å². The second kappa shape index (κ2) is 11.4. The Labute approximate surface area is 210 Å². The molecule has 0 aliphatic heterocycles. The Morgan fingerprint density at radius 1 is 0.778 bits per heavy atom. The lowest BCUT2D eigenvalue weighted by atomic mass is 9.92. The molecule has 6 nitrogen and oxygen atoms in total. The fourth-order valence-electron chi connectivity index (χ4n) is 4.32. The number of unbranched alkanes of at least 4 members (excludes halogenated alkanes) is 1. The van der Waals surface area contributed by atoms with Gasteiger partial charge in [0.25, 0.3) is 0 Å². The Bertz CT molecular complexity index is 1370. The molecule has 3 aromatic carbocycles. The first-order valence-corrected chi connectivity index (χ1v) is 12.0. The van der Waals surface area contributed by atoms with Gasteiger partial charge in [0.05, 0.1) is 16.8 Å². The number of carboxylic acids is 2. The summed E-state index contributed by atoms with van der Waals surface area (Å²) >= 11 is 0. The van der Waals surface area contributed by atoms with E-state index < -0.39 is 11.9 Å². The lowest BCUT2D eigenvalue weighted by Crippen LogP contribution is -2.09. The van der Waals surface area contributed by atoms with Gasteiger partial charge >= 0.3 is 11.9 Å². The van der Waals surface area contributed by atoms with Crippen LogP contribution in [-0.4, -0.2) is 32.1 Å². The lowest BCUT2D eigenvalue weighted by Gasteiger charge is -2.15. The van der Waals surface area contributed by atoms with Crippen LogP contribution in [0.15, 0.2) is 79.1 Å². The quantitative estimate of drug-likeness (QED) is 0.286. The van der Waals surface area contributed by atoms with Crippen molar-refractivity contribution in [3.05, 3.63) is 118 Å². The van der Waals surface area contributed by atoms with Crippen molar-refractivity contribution in [1.29, 1.82) is 0 Å². The number of aryl methyl sites for hydroxylation is 1. The van der Waals surface area contributed by atoms with E-state index >= 15 is 0 Å². The third-order valence-electron chi connectivity index (χ3n) is 6.24. The van der Waals surface area contributed by atoms with Crippen molar-refractivity contribution < 1.29 is 19.8 Å². The summed E-state index contributed by atoms with van der Waals surface area (Å²) in [5.41, 5.74) is 6.70. The number of hydrogen-bond donors (Lipinski definition) is 2. The first kappa shape index (κ1) is 24.8. The Morgan fingerprint density at radius 3 is 2.14 bits per heavy atom. The summed E-state index contributed by atoms with van der Waals surface area (Å²) in [6, 6.07) is 21.9. The van der Waals surface area contributed by atoms with Gasteiger partial charge in [-0.3, -0.25) is 0 Å². The van der Waals surface area contributed by atoms with Gasteiger partial charge in [0.1, 0.15) is 6.33 Å². The average Bonchev–Trinajstić information content (AvgIpc) is 2.89. The van der Waals surface area contributed by atoms with Crippen LogP contribution in [0.2, 0.25) is 0 Å². The minimum atomic E-state index is -0.968. The number of aromatic carboxylic acids is 2. The number of nitrogens with zero attached hydrogens (tertiary/aromatic N) is 2. The van der Waals surface area contributed by atoms with Crippen molar-refractivity contribution in [2.45, 2.75) is 39.0 Å². The van der Waals surface area contributed by atoms with E-state index in [1.165, 1.54) is 0 Å². The van der Waals surface area contributed by atoms with Gasteiger partial charge in [-0.25, -0.2) is 19.6 Å². The van der Waals surface area contributed by atoms with Gasteiger partial charge in [0.2, 0.25) is 0 Å².